The minimum atomic E-state index is -0.705. The number of nitrogen functional groups attached to an aromatic ring is 1. The van der Waals surface area contributed by atoms with E-state index in [1.54, 1.807) is 24.3 Å². The summed E-state index contributed by atoms with van der Waals surface area (Å²) in [5, 5.41) is 3.30. The zero-order chi connectivity index (χ0) is 15.4. The summed E-state index contributed by atoms with van der Waals surface area (Å²) in [5.74, 6) is 0.782. The zero-order valence-corrected chi connectivity index (χ0v) is 12.5. The van der Waals surface area contributed by atoms with Gasteiger partial charge in [-0.25, -0.2) is 4.79 Å². The maximum atomic E-state index is 11.8. The number of nitrogens with one attached hydrogen (secondary N) is 1. The number of carbonyl (C=O) groups is 1. The molecule has 0 heterocycles. The van der Waals surface area contributed by atoms with Crippen molar-refractivity contribution < 1.29 is 14.3 Å². The summed E-state index contributed by atoms with van der Waals surface area (Å²) in [6.45, 7) is 0. The fraction of sp³-hybridized carbons (Fsp3) is 0.0714. The van der Waals surface area contributed by atoms with E-state index in [-0.39, 0.29) is 5.75 Å². The highest BCUT2D eigenvalue weighted by atomic mass is 35.5. The summed E-state index contributed by atoms with van der Waals surface area (Å²) in [4.78, 5) is 11.8. The van der Waals surface area contributed by atoms with Crippen LogP contribution >= 0.6 is 23.2 Å². The summed E-state index contributed by atoms with van der Waals surface area (Å²) in [5.41, 5.74) is 6.45. The van der Waals surface area contributed by atoms with Crippen LogP contribution in [0.4, 0.5) is 16.2 Å². The highest BCUT2D eigenvalue weighted by Gasteiger charge is 2.10. The molecule has 0 unspecified atom stereocenters. The predicted molar refractivity (Wildman–Crippen MR) is 83.5 cm³/mol. The first-order chi connectivity index (χ1) is 9.99. The van der Waals surface area contributed by atoms with Gasteiger partial charge in [-0.3, -0.25) is 5.32 Å². The van der Waals surface area contributed by atoms with E-state index in [1.165, 1.54) is 19.2 Å². The summed E-state index contributed by atoms with van der Waals surface area (Å²) in [6.07, 6.45) is -0.705. The van der Waals surface area contributed by atoms with Gasteiger partial charge in [0.05, 0.1) is 23.5 Å². The number of hydrogen-bond donors (Lipinski definition) is 2. The van der Waals surface area contributed by atoms with E-state index in [1.807, 2.05) is 0 Å². The fourth-order valence-corrected chi connectivity index (χ4v) is 1.95. The third-order valence-electron chi connectivity index (χ3n) is 2.58. The Balaban J connectivity index is 2.08. The minimum absolute atomic E-state index is 0.281. The molecular weight excluding hydrogens is 315 g/mol. The third-order valence-corrected chi connectivity index (χ3v) is 3.14. The van der Waals surface area contributed by atoms with Crippen LogP contribution in [0.3, 0.4) is 0 Å². The first-order valence-electron chi connectivity index (χ1n) is 5.87. The molecule has 0 atom stereocenters. The number of anilines is 2. The van der Waals surface area contributed by atoms with E-state index >= 15 is 0 Å². The van der Waals surface area contributed by atoms with Gasteiger partial charge in [-0.05, 0) is 30.3 Å². The van der Waals surface area contributed by atoms with Crippen molar-refractivity contribution in [1.82, 2.24) is 0 Å². The van der Waals surface area contributed by atoms with Gasteiger partial charge in [-0.15, -0.1) is 0 Å². The fourth-order valence-electron chi connectivity index (χ4n) is 1.61. The molecule has 0 aliphatic rings. The van der Waals surface area contributed by atoms with Crippen LogP contribution in [0.5, 0.6) is 11.5 Å². The third kappa shape index (κ3) is 3.93. The molecule has 0 spiro atoms. The van der Waals surface area contributed by atoms with Crippen LogP contribution in [0.2, 0.25) is 10.0 Å². The molecule has 2 aromatic carbocycles. The first kappa shape index (κ1) is 15.3. The molecule has 2 rings (SSSR count). The van der Waals surface area contributed by atoms with E-state index < -0.39 is 6.09 Å². The van der Waals surface area contributed by atoms with E-state index in [0.717, 1.165) is 0 Å². The lowest BCUT2D eigenvalue weighted by Gasteiger charge is -2.10. The lowest BCUT2D eigenvalue weighted by molar-refractivity contribution is 0.215. The molecule has 0 saturated carbocycles. The molecule has 0 saturated heterocycles. The van der Waals surface area contributed by atoms with Crippen molar-refractivity contribution in [2.45, 2.75) is 0 Å². The molecule has 2 aromatic rings. The van der Waals surface area contributed by atoms with Gasteiger partial charge in [0.2, 0.25) is 0 Å². The number of ether oxygens (including phenoxy) is 2. The molecule has 7 heteroatoms. The topological polar surface area (TPSA) is 73.6 Å². The van der Waals surface area contributed by atoms with Crippen LogP contribution in [0.15, 0.2) is 36.4 Å². The van der Waals surface area contributed by atoms with E-state index in [4.69, 9.17) is 38.4 Å². The second-order valence-electron chi connectivity index (χ2n) is 4.04. The Morgan fingerprint density at radius 1 is 1.19 bits per heavy atom. The second-order valence-corrected chi connectivity index (χ2v) is 4.89. The number of rotatable bonds is 3. The van der Waals surface area contributed by atoms with E-state index in [9.17, 15) is 4.79 Å². The van der Waals surface area contributed by atoms with Crippen LogP contribution in [-0.2, 0) is 0 Å². The molecule has 110 valence electrons. The number of nitrogens with two attached hydrogens (primary N) is 1. The molecule has 0 fully saturated rings. The van der Waals surface area contributed by atoms with Gasteiger partial charge in [0.1, 0.15) is 11.5 Å². The lowest BCUT2D eigenvalue weighted by atomic mass is 10.3. The summed E-state index contributed by atoms with van der Waals surface area (Å²) in [7, 11) is 1.50. The van der Waals surface area contributed by atoms with Gasteiger partial charge in [0.15, 0.2) is 0 Å². The highest BCUT2D eigenvalue weighted by Crippen LogP contribution is 2.28. The molecule has 1 amide bonds. The smallest absolute Gasteiger partial charge is 0.417 e. The SMILES string of the molecule is COc1ccc(OC(=O)Nc2cc(Cl)ccc2Cl)cc1N. The molecule has 21 heavy (non-hydrogen) atoms. The van der Waals surface area contributed by atoms with Crippen LogP contribution in [0, 0.1) is 0 Å². The number of methoxy groups -OCH3 is 1. The van der Waals surface area contributed by atoms with Gasteiger partial charge in [-0.2, -0.15) is 0 Å². The molecule has 5 nitrogen and oxygen atoms in total. The van der Waals surface area contributed by atoms with Crippen molar-refractivity contribution in [3.8, 4) is 11.5 Å². The summed E-state index contributed by atoms with van der Waals surface area (Å²) < 4.78 is 10.1. The standard InChI is InChI=1S/C14H12Cl2N2O3/c1-20-13-5-3-9(7-11(13)17)21-14(19)18-12-6-8(15)2-4-10(12)16/h2-7H,17H2,1H3,(H,18,19). The average Bonchev–Trinajstić information content (AvgIpc) is 2.43. The first-order valence-corrected chi connectivity index (χ1v) is 6.62. The number of benzene rings is 2. The Kier molecular flexibility index (Phi) is 4.77. The van der Waals surface area contributed by atoms with Crippen LogP contribution in [0.1, 0.15) is 0 Å². The van der Waals surface area contributed by atoms with Gasteiger partial charge >= 0.3 is 6.09 Å². The highest BCUT2D eigenvalue weighted by molar-refractivity contribution is 6.35. The van der Waals surface area contributed by atoms with Crippen molar-refractivity contribution in [3.05, 3.63) is 46.4 Å². The van der Waals surface area contributed by atoms with Crippen LogP contribution in [0.25, 0.3) is 0 Å². The Morgan fingerprint density at radius 2 is 1.95 bits per heavy atom. The summed E-state index contributed by atoms with van der Waals surface area (Å²) in [6, 6.07) is 9.36. The maximum Gasteiger partial charge on any atom is 0.417 e. The quantitative estimate of drug-likeness (QED) is 0.829. The summed E-state index contributed by atoms with van der Waals surface area (Å²) >= 11 is 11.8. The molecule has 0 bridgehead atoms. The normalized spacial score (nSPS) is 10.0. The van der Waals surface area contributed by atoms with Crippen molar-refractivity contribution >= 4 is 40.7 Å². The lowest BCUT2D eigenvalue weighted by Crippen LogP contribution is -2.17. The molecule has 3 N–H and O–H groups in total. The Bertz CT molecular complexity index is 677. The van der Waals surface area contributed by atoms with Gasteiger partial charge < -0.3 is 15.2 Å². The predicted octanol–water partition coefficient (Wildman–Crippen LogP) is 4.20. The number of carbonyl (C=O) groups excluding carboxylic acids is 1. The molecule has 0 aromatic heterocycles. The molecule has 0 radical (unpaired) electrons. The second kappa shape index (κ2) is 6.56. The monoisotopic (exact) mass is 326 g/mol. The Morgan fingerprint density at radius 3 is 2.62 bits per heavy atom. The van der Waals surface area contributed by atoms with Gasteiger partial charge in [0, 0.05) is 11.1 Å². The molecule has 0 aliphatic heterocycles. The Labute approximate surface area is 131 Å². The average molecular weight is 327 g/mol. The van der Waals surface area contributed by atoms with Crippen molar-refractivity contribution in [1.29, 1.82) is 0 Å². The van der Waals surface area contributed by atoms with Gasteiger partial charge in [-0.1, -0.05) is 23.2 Å². The number of amides is 1. The van der Waals surface area contributed by atoms with E-state index in [2.05, 4.69) is 5.32 Å². The van der Waals surface area contributed by atoms with E-state index in [0.29, 0.717) is 27.2 Å². The van der Waals surface area contributed by atoms with Crippen molar-refractivity contribution in [3.63, 3.8) is 0 Å². The number of hydrogen-bond acceptors (Lipinski definition) is 4. The van der Waals surface area contributed by atoms with Crippen LogP contribution in [-0.4, -0.2) is 13.2 Å². The Hall–Kier alpha value is -2.11. The number of halogens is 2. The molecular formula is C14H12Cl2N2O3. The largest absolute Gasteiger partial charge is 0.495 e. The van der Waals surface area contributed by atoms with Gasteiger partial charge in [0.25, 0.3) is 0 Å². The maximum absolute atomic E-state index is 11.8. The van der Waals surface area contributed by atoms with Crippen LogP contribution < -0.4 is 20.5 Å². The molecule has 0 aliphatic carbocycles. The minimum Gasteiger partial charge on any atom is -0.495 e. The van der Waals surface area contributed by atoms with Crippen molar-refractivity contribution in [2.24, 2.45) is 0 Å². The van der Waals surface area contributed by atoms with Crippen molar-refractivity contribution in [2.75, 3.05) is 18.2 Å². The zero-order valence-electron chi connectivity index (χ0n) is 11.0.